The van der Waals surface area contributed by atoms with E-state index in [9.17, 15) is 8.42 Å². The monoisotopic (exact) mass is 428 g/mol. The molecule has 3 aromatic carbocycles. The van der Waals surface area contributed by atoms with Gasteiger partial charge >= 0.3 is 0 Å². The first-order valence-electron chi connectivity index (χ1n) is 10.3. The lowest BCUT2D eigenvalue weighted by atomic mass is 10.0. The molecule has 6 rings (SSSR count). The number of aromatic nitrogens is 1. The third-order valence-corrected chi connectivity index (χ3v) is 7.92. The molecule has 1 unspecified atom stereocenters. The van der Waals surface area contributed by atoms with Crippen LogP contribution >= 0.6 is 0 Å². The first kappa shape index (κ1) is 18.4. The van der Waals surface area contributed by atoms with Crippen molar-refractivity contribution in [2.45, 2.75) is 17.5 Å². The molecule has 5 aromatic rings. The van der Waals surface area contributed by atoms with Crippen molar-refractivity contribution >= 4 is 32.0 Å². The molecule has 0 bridgehead atoms. The summed E-state index contributed by atoms with van der Waals surface area (Å²) < 4.78 is 37.4. The van der Waals surface area contributed by atoms with Gasteiger partial charge in [-0.25, -0.2) is 8.42 Å². The Hall–Kier alpha value is -3.35. The van der Waals surface area contributed by atoms with Crippen molar-refractivity contribution in [3.63, 3.8) is 0 Å². The fraction of sp³-hybridized carbons (Fsp3) is 0.120. The molecule has 0 radical (unpaired) electrons. The lowest BCUT2D eigenvalue weighted by Gasteiger charge is -2.36. The predicted molar refractivity (Wildman–Crippen MR) is 120 cm³/mol. The quantitative estimate of drug-likeness (QED) is 0.398. The summed E-state index contributed by atoms with van der Waals surface area (Å²) in [5, 5.41) is 1.73. The molecule has 0 saturated carbocycles. The number of nitrogens with zero attached hydrogens (tertiary/aromatic N) is 2. The van der Waals surface area contributed by atoms with Gasteiger partial charge in [0.15, 0.2) is 0 Å². The molecule has 0 fully saturated rings. The van der Waals surface area contributed by atoms with Gasteiger partial charge in [-0.05, 0) is 42.0 Å². The van der Waals surface area contributed by atoms with Crippen molar-refractivity contribution in [2.75, 3.05) is 6.54 Å². The SMILES string of the molecule is O=S(=O)(c1ccc2oc3ccccc3c2c1)N1CCn2cccc2C1c1ccccc1. The van der Waals surface area contributed by atoms with E-state index in [0.29, 0.717) is 18.7 Å². The highest BCUT2D eigenvalue weighted by atomic mass is 32.2. The molecule has 1 atom stereocenters. The Bertz CT molecular complexity index is 1520. The minimum atomic E-state index is -3.74. The van der Waals surface area contributed by atoms with Crippen molar-refractivity contribution in [3.8, 4) is 0 Å². The summed E-state index contributed by atoms with van der Waals surface area (Å²) in [7, 11) is -3.74. The van der Waals surface area contributed by atoms with Gasteiger partial charge in [0.1, 0.15) is 11.2 Å². The van der Waals surface area contributed by atoms with Gasteiger partial charge in [-0.1, -0.05) is 48.5 Å². The zero-order valence-corrected chi connectivity index (χ0v) is 17.5. The van der Waals surface area contributed by atoms with Crippen LogP contribution in [0.2, 0.25) is 0 Å². The molecular weight excluding hydrogens is 408 g/mol. The number of fused-ring (bicyclic) bond motifs is 4. The second kappa shape index (κ2) is 6.83. The number of sulfonamides is 1. The average Bonchev–Trinajstić information content (AvgIpc) is 3.43. The zero-order valence-electron chi connectivity index (χ0n) is 16.7. The van der Waals surface area contributed by atoms with E-state index in [1.807, 2.05) is 72.9 Å². The summed E-state index contributed by atoms with van der Waals surface area (Å²) in [6, 6.07) is 26.3. The van der Waals surface area contributed by atoms with Crippen LogP contribution in [-0.2, 0) is 16.6 Å². The van der Waals surface area contributed by atoms with Crippen LogP contribution in [0.25, 0.3) is 21.9 Å². The summed E-state index contributed by atoms with van der Waals surface area (Å²) in [4.78, 5) is 0.285. The second-order valence-electron chi connectivity index (χ2n) is 7.81. The molecule has 0 aliphatic carbocycles. The van der Waals surface area contributed by atoms with Gasteiger partial charge in [-0.2, -0.15) is 4.31 Å². The molecule has 2 aromatic heterocycles. The Balaban J connectivity index is 1.51. The Kier molecular flexibility index (Phi) is 4.06. The molecule has 0 N–H and O–H groups in total. The number of furan rings is 1. The van der Waals surface area contributed by atoms with Crippen LogP contribution in [0.15, 0.2) is 100 Å². The Morgan fingerprint density at radius 2 is 1.55 bits per heavy atom. The van der Waals surface area contributed by atoms with Crippen LogP contribution in [0.3, 0.4) is 0 Å². The van der Waals surface area contributed by atoms with Gasteiger partial charge in [0.05, 0.1) is 10.9 Å². The van der Waals surface area contributed by atoms with Crippen molar-refractivity contribution in [2.24, 2.45) is 0 Å². The van der Waals surface area contributed by atoms with Crippen LogP contribution in [0.1, 0.15) is 17.3 Å². The van der Waals surface area contributed by atoms with Gasteiger partial charge in [0.2, 0.25) is 10.0 Å². The molecule has 6 heteroatoms. The summed E-state index contributed by atoms with van der Waals surface area (Å²) >= 11 is 0. The largest absolute Gasteiger partial charge is 0.456 e. The number of para-hydroxylation sites is 1. The van der Waals surface area contributed by atoms with Crippen LogP contribution in [0.4, 0.5) is 0 Å². The van der Waals surface area contributed by atoms with Crippen molar-refractivity contribution in [1.82, 2.24) is 8.87 Å². The van der Waals surface area contributed by atoms with E-state index in [1.54, 1.807) is 22.5 Å². The van der Waals surface area contributed by atoms with Gasteiger partial charge in [-0.3, -0.25) is 0 Å². The molecule has 1 aliphatic heterocycles. The topological polar surface area (TPSA) is 55.5 Å². The molecule has 3 heterocycles. The molecule has 0 amide bonds. The van der Waals surface area contributed by atoms with Crippen molar-refractivity contribution < 1.29 is 12.8 Å². The fourth-order valence-electron chi connectivity index (χ4n) is 4.59. The molecular formula is C25H20N2O3S. The van der Waals surface area contributed by atoms with E-state index in [1.165, 1.54) is 0 Å². The van der Waals surface area contributed by atoms with Crippen molar-refractivity contribution in [3.05, 3.63) is 102 Å². The highest BCUT2D eigenvalue weighted by Gasteiger charge is 2.37. The molecule has 0 spiro atoms. The first-order valence-corrected chi connectivity index (χ1v) is 11.7. The van der Waals surface area contributed by atoms with E-state index in [2.05, 4.69) is 4.57 Å². The predicted octanol–water partition coefficient (Wildman–Crippen LogP) is 5.18. The minimum Gasteiger partial charge on any atom is -0.456 e. The highest BCUT2D eigenvalue weighted by molar-refractivity contribution is 7.89. The molecule has 154 valence electrons. The standard InChI is InChI=1S/C25H20N2O3S/c28-31(29,19-12-13-24-21(17-19)20-9-4-5-11-23(20)30-24)27-16-15-26-14-6-10-22(26)25(27)18-7-2-1-3-8-18/h1-14,17,25H,15-16H2. The number of benzene rings is 3. The van der Waals surface area contributed by atoms with Gasteiger partial charge in [-0.15, -0.1) is 0 Å². The van der Waals surface area contributed by atoms with Gasteiger partial charge in [0.25, 0.3) is 0 Å². The maximum Gasteiger partial charge on any atom is 0.244 e. The fourth-order valence-corrected chi connectivity index (χ4v) is 6.20. The summed E-state index contributed by atoms with van der Waals surface area (Å²) in [6.07, 6.45) is 2.01. The van der Waals surface area contributed by atoms with E-state index in [0.717, 1.165) is 27.6 Å². The number of hydrogen-bond donors (Lipinski definition) is 0. The van der Waals surface area contributed by atoms with Crippen LogP contribution in [0, 0.1) is 0 Å². The Morgan fingerprint density at radius 1 is 0.774 bits per heavy atom. The maximum absolute atomic E-state index is 13.9. The van der Waals surface area contributed by atoms with E-state index in [-0.39, 0.29) is 10.9 Å². The smallest absolute Gasteiger partial charge is 0.244 e. The lowest BCUT2D eigenvalue weighted by Crippen LogP contribution is -2.42. The molecule has 5 nitrogen and oxygen atoms in total. The second-order valence-corrected chi connectivity index (χ2v) is 9.70. The van der Waals surface area contributed by atoms with E-state index < -0.39 is 10.0 Å². The third-order valence-electron chi connectivity index (χ3n) is 6.06. The van der Waals surface area contributed by atoms with Crippen LogP contribution in [-0.4, -0.2) is 23.8 Å². The lowest BCUT2D eigenvalue weighted by molar-refractivity contribution is 0.298. The van der Waals surface area contributed by atoms with Gasteiger partial charge in [0, 0.05) is 35.8 Å². The summed E-state index contributed by atoms with van der Waals surface area (Å²) in [6.45, 7) is 1.04. The molecule has 0 saturated heterocycles. The highest BCUT2D eigenvalue weighted by Crippen LogP contribution is 2.38. The Labute approximate surface area is 180 Å². The van der Waals surface area contributed by atoms with Gasteiger partial charge < -0.3 is 8.98 Å². The van der Waals surface area contributed by atoms with E-state index in [4.69, 9.17) is 4.42 Å². The number of hydrogen-bond acceptors (Lipinski definition) is 3. The zero-order chi connectivity index (χ0) is 21.0. The molecule has 1 aliphatic rings. The summed E-state index contributed by atoms with van der Waals surface area (Å²) in [5.74, 6) is 0. The molecule has 31 heavy (non-hydrogen) atoms. The normalized spacial score (nSPS) is 17.2. The van der Waals surface area contributed by atoms with Crippen molar-refractivity contribution in [1.29, 1.82) is 0 Å². The average molecular weight is 429 g/mol. The minimum absolute atomic E-state index is 0.285. The Morgan fingerprint density at radius 3 is 2.42 bits per heavy atom. The van der Waals surface area contributed by atoms with E-state index >= 15 is 0 Å². The van der Waals surface area contributed by atoms with Crippen LogP contribution < -0.4 is 0 Å². The number of rotatable bonds is 3. The summed E-state index contributed by atoms with van der Waals surface area (Å²) in [5.41, 5.74) is 3.38. The maximum atomic E-state index is 13.9. The first-order chi connectivity index (χ1) is 15.1. The van der Waals surface area contributed by atoms with Crippen LogP contribution in [0.5, 0.6) is 0 Å². The third kappa shape index (κ3) is 2.83.